The van der Waals surface area contributed by atoms with Crippen molar-refractivity contribution in [2.75, 3.05) is 52.5 Å². The summed E-state index contributed by atoms with van der Waals surface area (Å²) in [7, 11) is -4.10. The van der Waals surface area contributed by atoms with Gasteiger partial charge in [-0.2, -0.15) is 4.31 Å². The summed E-state index contributed by atoms with van der Waals surface area (Å²) in [5.74, 6) is -1.57. The fourth-order valence-electron chi connectivity index (χ4n) is 5.71. The van der Waals surface area contributed by atoms with E-state index in [1.807, 2.05) is 0 Å². The second-order valence-electron chi connectivity index (χ2n) is 10.9. The highest BCUT2D eigenvalue weighted by Gasteiger charge is 2.41. The zero-order valence-electron chi connectivity index (χ0n) is 23.0. The van der Waals surface area contributed by atoms with Gasteiger partial charge in [0.25, 0.3) is 0 Å². The normalized spacial score (nSPS) is 22.0. The van der Waals surface area contributed by atoms with E-state index in [2.05, 4.69) is 10.2 Å². The van der Waals surface area contributed by atoms with Crippen LogP contribution in [-0.2, 0) is 29.1 Å². The van der Waals surface area contributed by atoms with Crippen molar-refractivity contribution in [2.45, 2.75) is 61.9 Å². The number of aliphatic carboxylic acids is 1. The lowest BCUT2D eigenvalue weighted by molar-refractivity contribution is -0.143. The number of carbonyl (C=O) groups is 3. The molecular formula is C27H38Cl2N4O7S. The average Bonchev–Trinajstić information content (AvgIpc) is 3.45. The molecule has 4 rings (SSSR count). The van der Waals surface area contributed by atoms with Gasteiger partial charge in [0.1, 0.15) is 12.1 Å². The number of carboxylic acid groups (broad SMARTS) is 1. The van der Waals surface area contributed by atoms with Gasteiger partial charge in [-0.05, 0) is 69.2 Å². The molecule has 0 unspecified atom stereocenters. The monoisotopic (exact) mass is 632 g/mol. The van der Waals surface area contributed by atoms with Crippen LogP contribution in [0.25, 0.3) is 0 Å². The second-order valence-corrected chi connectivity index (χ2v) is 13.6. The average molecular weight is 634 g/mol. The van der Waals surface area contributed by atoms with Crippen LogP contribution in [0.3, 0.4) is 0 Å². The first kappa shape index (κ1) is 32.0. The molecule has 11 nitrogen and oxygen atoms in total. The molecule has 3 aliphatic rings. The zero-order chi connectivity index (χ0) is 29.6. The minimum atomic E-state index is -4.10. The molecule has 2 atom stereocenters. The van der Waals surface area contributed by atoms with Crippen molar-refractivity contribution in [2.24, 2.45) is 5.92 Å². The molecule has 3 fully saturated rings. The molecule has 0 aromatic heterocycles. The number of morpholine rings is 1. The number of rotatable bonds is 11. The third-order valence-electron chi connectivity index (χ3n) is 8.13. The largest absolute Gasteiger partial charge is 0.480 e. The lowest BCUT2D eigenvalue weighted by atomic mass is 9.93. The maximum atomic E-state index is 13.3. The van der Waals surface area contributed by atoms with Gasteiger partial charge in [-0.3, -0.25) is 14.5 Å². The van der Waals surface area contributed by atoms with Gasteiger partial charge in [0.2, 0.25) is 21.8 Å². The Kier molecular flexibility index (Phi) is 11.3. The number of amides is 2. The summed E-state index contributed by atoms with van der Waals surface area (Å²) in [6, 6.07) is 1.53. The maximum absolute atomic E-state index is 13.3. The minimum Gasteiger partial charge on any atom is -0.480 e. The van der Waals surface area contributed by atoms with Crippen LogP contribution in [0.4, 0.5) is 0 Å². The van der Waals surface area contributed by atoms with Crippen molar-refractivity contribution in [1.29, 1.82) is 0 Å². The minimum absolute atomic E-state index is 0.0244. The highest BCUT2D eigenvalue weighted by atomic mass is 35.5. The Bertz CT molecular complexity index is 1180. The van der Waals surface area contributed by atoms with E-state index in [1.54, 1.807) is 4.90 Å². The lowest BCUT2D eigenvalue weighted by Gasteiger charge is -2.34. The molecule has 1 aromatic rings. The standard InChI is InChI=1S/C27H38Cl2N4O7S/c28-20-16-21(29)18-22(17-20)41(38,39)33-8-1-2-24(33)26(35)30-23(27(36)37)3-4-25(34)32-10-6-19(7-11-32)5-9-31-12-14-40-15-13-31/h16-19,23-24H,1-15H2,(H,30,35)(H,36,37)/t23-,24-/m0/s1. The van der Waals surface area contributed by atoms with E-state index in [-0.39, 0.29) is 46.7 Å². The summed E-state index contributed by atoms with van der Waals surface area (Å²) < 4.78 is 33.0. The topological polar surface area (TPSA) is 137 Å². The van der Waals surface area contributed by atoms with E-state index < -0.39 is 34.0 Å². The fourth-order valence-corrected chi connectivity index (χ4v) is 8.10. The number of benzene rings is 1. The highest BCUT2D eigenvalue weighted by molar-refractivity contribution is 7.89. The molecule has 1 aromatic carbocycles. The summed E-state index contributed by atoms with van der Waals surface area (Å²) in [6.07, 6.45) is 3.49. The summed E-state index contributed by atoms with van der Waals surface area (Å²) >= 11 is 12.0. The van der Waals surface area contributed by atoms with Crippen LogP contribution >= 0.6 is 23.2 Å². The molecule has 0 radical (unpaired) electrons. The summed E-state index contributed by atoms with van der Waals surface area (Å²) in [5.41, 5.74) is 0. The Labute approximate surface area is 251 Å². The Morgan fingerprint density at radius 1 is 1.00 bits per heavy atom. The van der Waals surface area contributed by atoms with E-state index >= 15 is 0 Å². The fraction of sp³-hybridized carbons (Fsp3) is 0.667. The number of carboxylic acids is 1. The Balaban J connectivity index is 1.26. The first-order chi connectivity index (χ1) is 19.5. The Morgan fingerprint density at radius 2 is 1.66 bits per heavy atom. The first-order valence-corrected chi connectivity index (χ1v) is 16.3. The van der Waals surface area contributed by atoms with E-state index in [0.717, 1.165) is 56.4 Å². The molecule has 0 aliphatic carbocycles. The van der Waals surface area contributed by atoms with Gasteiger partial charge in [-0.1, -0.05) is 23.2 Å². The van der Waals surface area contributed by atoms with E-state index in [4.69, 9.17) is 27.9 Å². The van der Waals surface area contributed by atoms with Gasteiger partial charge in [-0.25, -0.2) is 13.2 Å². The molecule has 2 N–H and O–H groups in total. The first-order valence-electron chi connectivity index (χ1n) is 14.1. The van der Waals surface area contributed by atoms with Crippen LogP contribution in [-0.4, -0.2) is 110 Å². The molecule has 3 aliphatic heterocycles. The molecule has 14 heteroatoms. The number of nitrogens with zero attached hydrogens (tertiary/aromatic N) is 3. The molecular weight excluding hydrogens is 595 g/mol. The number of hydrogen-bond donors (Lipinski definition) is 2. The molecule has 0 spiro atoms. The molecule has 0 bridgehead atoms. The number of sulfonamides is 1. The van der Waals surface area contributed by atoms with E-state index in [1.165, 1.54) is 18.2 Å². The molecule has 228 valence electrons. The van der Waals surface area contributed by atoms with Crippen molar-refractivity contribution < 1.29 is 32.6 Å². The Morgan fingerprint density at radius 3 is 2.29 bits per heavy atom. The van der Waals surface area contributed by atoms with Gasteiger partial charge in [0, 0.05) is 49.2 Å². The summed E-state index contributed by atoms with van der Waals surface area (Å²) in [6.45, 7) is 5.89. The molecule has 2 amide bonds. The van der Waals surface area contributed by atoms with Crippen LogP contribution in [0, 0.1) is 5.92 Å². The number of carbonyl (C=O) groups excluding carboxylic acids is 2. The third kappa shape index (κ3) is 8.55. The molecule has 41 heavy (non-hydrogen) atoms. The molecule has 0 saturated carbocycles. The quantitative estimate of drug-likeness (QED) is 0.380. The maximum Gasteiger partial charge on any atom is 0.326 e. The van der Waals surface area contributed by atoms with Gasteiger partial charge in [0.15, 0.2) is 0 Å². The zero-order valence-corrected chi connectivity index (χ0v) is 25.3. The highest BCUT2D eigenvalue weighted by Crippen LogP contribution is 2.30. The number of hydrogen-bond acceptors (Lipinski definition) is 7. The van der Waals surface area contributed by atoms with Crippen molar-refractivity contribution in [3.05, 3.63) is 28.2 Å². The number of ether oxygens (including phenoxy) is 1. The van der Waals surface area contributed by atoms with Crippen LogP contribution in [0.15, 0.2) is 23.1 Å². The second kappa shape index (κ2) is 14.5. The summed E-state index contributed by atoms with van der Waals surface area (Å²) in [4.78, 5) is 42.0. The predicted octanol–water partition coefficient (Wildman–Crippen LogP) is 2.46. The van der Waals surface area contributed by atoms with Crippen molar-refractivity contribution in [3.8, 4) is 0 Å². The Hall–Kier alpha value is -1.96. The van der Waals surface area contributed by atoms with Crippen molar-refractivity contribution >= 4 is 51.0 Å². The van der Waals surface area contributed by atoms with E-state index in [0.29, 0.717) is 25.4 Å². The van der Waals surface area contributed by atoms with Crippen molar-refractivity contribution in [1.82, 2.24) is 19.4 Å². The van der Waals surface area contributed by atoms with Gasteiger partial charge >= 0.3 is 5.97 Å². The summed E-state index contributed by atoms with van der Waals surface area (Å²) in [5, 5.41) is 12.5. The molecule has 3 saturated heterocycles. The van der Waals surface area contributed by atoms with Gasteiger partial charge in [-0.15, -0.1) is 0 Å². The third-order valence-corrected chi connectivity index (χ3v) is 10.5. The van der Waals surface area contributed by atoms with Crippen LogP contribution in [0.1, 0.15) is 44.9 Å². The SMILES string of the molecule is O=C(O)[C@H](CCC(=O)N1CCC(CCN2CCOCC2)CC1)NC(=O)[C@@H]1CCCN1S(=O)(=O)c1cc(Cl)cc(Cl)c1. The lowest BCUT2D eigenvalue weighted by Crippen LogP contribution is -2.51. The smallest absolute Gasteiger partial charge is 0.326 e. The molecule has 3 heterocycles. The van der Waals surface area contributed by atoms with Crippen LogP contribution in [0.5, 0.6) is 0 Å². The predicted molar refractivity (Wildman–Crippen MR) is 153 cm³/mol. The number of likely N-dealkylation sites (tertiary alicyclic amines) is 1. The van der Waals surface area contributed by atoms with Crippen LogP contribution in [0.2, 0.25) is 10.0 Å². The van der Waals surface area contributed by atoms with Crippen LogP contribution < -0.4 is 5.32 Å². The van der Waals surface area contributed by atoms with Crippen molar-refractivity contribution in [3.63, 3.8) is 0 Å². The van der Waals surface area contributed by atoms with Gasteiger partial charge < -0.3 is 20.1 Å². The number of nitrogens with one attached hydrogen (secondary N) is 1. The number of halogens is 2. The number of piperidine rings is 1. The van der Waals surface area contributed by atoms with E-state index in [9.17, 15) is 27.9 Å². The van der Waals surface area contributed by atoms with Gasteiger partial charge in [0.05, 0.1) is 18.1 Å².